The first-order valence-corrected chi connectivity index (χ1v) is 6.30. The molecule has 0 aliphatic rings. The Balaban J connectivity index is 2.86. The largest absolute Gasteiger partial charge is 0.494 e. The van der Waals surface area contributed by atoms with Gasteiger partial charge in [0.15, 0.2) is 0 Å². The second-order valence-electron chi connectivity index (χ2n) is 3.73. The highest BCUT2D eigenvalue weighted by Crippen LogP contribution is 2.35. The molecule has 17 heavy (non-hydrogen) atoms. The summed E-state index contributed by atoms with van der Waals surface area (Å²) in [6.45, 7) is 2.05. The van der Waals surface area contributed by atoms with Gasteiger partial charge in [-0.05, 0) is 28.4 Å². The molecule has 3 N–H and O–H groups in total. The Labute approximate surface area is 110 Å². The Hall–Kier alpha value is -1.23. The molecule has 94 valence electrons. The summed E-state index contributed by atoms with van der Waals surface area (Å²) in [7, 11) is 1.54. The van der Waals surface area contributed by atoms with Crippen molar-refractivity contribution in [3.8, 4) is 5.75 Å². The first-order chi connectivity index (χ1) is 8.08. The fourth-order valence-electron chi connectivity index (χ4n) is 1.42. The van der Waals surface area contributed by atoms with Crippen LogP contribution in [-0.2, 0) is 4.79 Å². The zero-order chi connectivity index (χ0) is 12.8. The van der Waals surface area contributed by atoms with Gasteiger partial charge in [-0.15, -0.1) is 0 Å². The van der Waals surface area contributed by atoms with Crippen molar-refractivity contribution >= 4 is 33.2 Å². The number of nitrogen functional groups attached to an aromatic ring is 1. The quantitative estimate of drug-likeness (QED) is 0.821. The molecule has 0 aliphatic heterocycles. The molecule has 0 spiro atoms. The number of hydrogen-bond donors (Lipinski definition) is 2. The van der Waals surface area contributed by atoms with Gasteiger partial charge in [0, 0.05) is 22.6 Å². The monoisotopic (exact) mass is 300 g/mol. The SMILES string of the molecule is CCCCC(=O)Nc1c(Br)cc(N)cc1OC. The van der Waals surface area contributed by atoms with Gasteiger partial charge in [0.1, 0.15) is 5.75 Å². The summed E-state index contributed by atoms with van der Waals surface area (Å²) in [5.74, 6) is 0.539. The number of nitrogens with two attached hydrogens (primary N) is 1. The van der Waals surface area contributed by atoms with Crippen LogP contribution in [0.15, 0.2) is 16.6 Å². The zero-order valence-electron chi connectivity index (χ0n) is 10.0. The molecule has 0 atom stereocenters. The number of nitrogens with one attached hydrogen (secondary N) is 1. The Bertz CT molecular complexity index is 408. The maximum atomic E-state index is 11.7. The van der Waals surface area contributed by atoms with E-state index in [4.69, 9.17) is 10.5 Å². The van der Waals surface area contributed by atoms with E-state index in [-0.39, 0.29) is 5.91 Å². The van der Waals surface area contributed by atoms with Gasteiger partial charge in [-0.2, -0.15) is 0 Å². The van der Waals surface area contributed by atoms with E-state index in [2.05, 4.69) is 21.2 Å². The molecule has 0 unspecified atom stereocenters. The van der Waals surface area contributed by atoms with Gasteiger partial charge in [-0.3, -0.25) is 4.79 Å². The molecule has 0 radical (unpaired) electrons. The third-order valence-electron chi connectivity index (χ3n) is 2.32. The lowest BCUT2D eigenvalue weighted by Crippen LogP contribution is -2.12. The van der Waals surface area contributed by atoms with Crippen LogP contribution in [-0.4, -0.2) is 13.0 Å². The van der Waals surface area contributed by atoms with Crippen molar-refractivity contribution < 1.29 is 9.53 Å². The van der Waals surface area contributed by atoms with E-state index in [1.54, 1.807) is 19.2 Å². The third kappa shape index (κ3) is 3.93. The fourth-order valence-corrected chi connectivity index (χ4v) is 1.98. The Kier molecular flexibility index (Phi) is 5.28. The lowest BCUT2D eigenvalue weighted by Gasteiger charge is -2.13. The molecule has 5 heteroatoms. The van der Waals surface area contributed by atoms with Gasteiger partial charge in [-0.25, -0.2) is 0 Å². The molecule has 1 amide bonds. The number of methoxy groups -OCH3 is 1. The van der Waals surface area contributed by atoms with Crippen molar-refractivity contribution in [2.24, 2.45) is 0 Å². The van der Waals surface area contributed by atoms with Crippen LogP contribution in [0, 0.1) is 0 Å². The minimum Gasteiger partial charge on any atom is -0.494 e. The fraction of sp³-hybridized carbons (Fsp3) is 0.417. The van der Waals surface area contributed by atoms with Gasteiger partial charge in [0.2, 0.25) is 5.91 Å². The molecule has 0 saturated heterocycles. The number of ether oxygens (including phenoxy) is 1. The highest BCUT2D eigenvalue weighted by molar-refractivity contribution is 9.10. The molecule has 1 rings (SSSR count). The summed E-state index contributed by atoms with van der Waals surface area (Å²) in [6, 6.07) is 3.41. The number of hydrogen-bond acceptors (Lipinski definition) is 3. The second kappa shape index (κ2) is 6.49. The lowest BCUT2D eigenvalue weighted by atomic mass is 10.2. The number of carbonyl (C=O) groups excluding carboxylic acids is 1. The van der Waals surface area contributed by atoms with Crippen molar-refractivity contribution in [1.29, 1.82) is 0 Å². The molecular formula is C12H17BrN2O2. The van der Waals surface area contributed by atoms with E-state index in [1.165, 1.54) is 0 Å². The summed E-state index contributed by atoms with van der Waals surface area (Å²) in [4.78, 5) is 11.7. The van der Waals surface area contributed by atoms with E-state index in [9.17, 15) is 4.79 Å². The van der Waals surface area contributed by atoms with Crippen molar-refractivity contribution in [2.45, 2.75) is 26.2 Å². The topological polar surface area (TPSA) is 64.4 Å². The van der Waals surface area contributed by atoms with Crippen LogP contribution in [0.25, 0.3) is 0 Å². The Morgan fingerprint density at radius 1 is 1.53 bits per heavy atom. The average Bonchev–Trinajstić information content (AvgIpc) is 2.29. The molecule has 0 fully saturated rings. The van der Waals surface area contributed by atoms with E-state index >= 15 is 0 Å². The summed E-state index contributed by atoms with van der Waals surface area (Å²) in [5, 5.41) is 2.83. The van der Waals surface area contributed by atoms with Gasteiger partial charge in [-0.1, -0.05) is 13.3 Å². The number of amides is 1. The van der Waals surface area contributed by atoms with Crippen molar-refractivity contribution in [1.82, 2.24) is 0 Å². The smallest absolute Gasteiger partial charge is 0.224 e. The van der Waals surface area contributed by atoms with E-state index in [0.717, 1.165) is 17.3 Å². The summed E-state index contributed by atoms with van der Waals surface area (Å²) < 4.78 is 5.91. The Morgan fingerprint density at radius 2 is 2.24 bits per heavy atom. The normalized spacial score (nSPS) is 10.1. The van der Waals surface area contributed by atoms with Gasteiger partial charge < -0.3 is 15.8 Å². The lowest BCUT2D eigenvalue weighted by molar-refractivity contribution is -0.116. The number of carbonyl (C=O) groups is 1. The third-order valence-corrected chi connectivity index (χ3v) is 2.94. The van der Waals surface area contributed by atoms with Crippen LogP contribution in [0.3, 0.4) is 0 Å². The predicted octanol–water partition coefficient (Wildman–Crippen LogP) is 3.17. The molecule has 0 aromatic heterocycles. The first-order valence-electron chi connectivity index (χ1n) is 5.51. The van der Waals surface area contributed by atoms with Crippen LogP contribution < -0.4 is 15.8 Å². The molecule has 0 aliphatic carbocycles. The highest BCUT2D eigenvalue weighted by atomic mass is 79.9. The standard InChI is InChI=1S/C12H17BrN2O2/c1-3-4-5-11(16)15-12-9(13)6-8(14)7-10(12)17-2/h6-7H,3-5,14H2,1-2H3,(H,15,16). The van der Waals surface area contributed by atoms with E-state index in [0.29, 0.717) is 23.5 Å². The van der Waals surface area contributed by atoms with Crippen LogP contribution in [0.1, 0.15) is 26.2 Å². The number of unbranched alkanes of at least 4 members (excludes halogenated alkanes) is 1. The van der Waals surface area contributed by atoms with Gasteiger partial charge in [0.25, 0.3) is 0 Å². The summed E-state index contributed by atoms with van der Waals surface area (Å²) >= 11 is 3.36. The van der Waals surface area contributed by atoms with Crippen LogP contribution in [0.2, 0.25) is 0 Å². The van der Waals surface area contributed by atoms with E-state index < -0.39 is 0 Å². The first kappa shape index (κ1) is 13.8. The van der Waals surface area contributed by atoms with Crippen LogP contribution in [0.5, 0.6) is 5.75 Å². The maximum Gasteiger partial charge on any atom is 0.224 e. The maximum absolute atomic E-state index is 11.7. The van der Waals surface area contributed by atoms with Crippen LogP contribution >= 0.6 is 15.9 Å². The molecule has 4 nitrogen and oxygen atoms in total. The summed E-state index contributed by atoms with van der Waals surface area (Å²) in [5.41, 5.74) is 6.90. The molecule has 1 aromatic rings. The van der Waals surface area contributed by atoms with Crippen LogP contribution in [0.4, 0.5) is 11.4 Å². The molecule has 0 saturated carbocycles. The second-order valence-corrected chi connectivity index (χ2v) is 4.59. The molecular weight excluding hydrogens is 284 g/mol. The average molecular weight is 301 g/mol. The number of anilines is 2. The number of halogens is 1. The highest BCUT2D eigenvalue weighted by Gasteiger charge is 2.12. The predicted molar refractivity (Wildman–Crippen MR) is 73.3 cm³/mol. The number of rotatable bonds is 5. The zero-order valence-corrected chi connectivity index (χ0v) is 11.6. The minimum atomic E-state index is -0.0179. The minimum absolute atomic E-state index is 0.0179. The van der Waals surface area contributed by atoms with Crippen molar-refractivity contribution in [3.63, 3.8) is 0 Å². The molecule has 1 aromatic carbocycles. The van der Waals surface area contributed by atoms with E-state index in [1.807, 2.05) is 6.92 Å². The van der Waals surface area contributed by atoms with Gasteiger partial charge in [0.05, 0.1) is 12.8 Å². The molecule has 0 bridgehead atoms. The van der Waals surface area contributed by atoms with Crippen molar-refractivity contribution in [2.75, 3.05) is 18.2 Å². The summed E-state index contributed by atoms with van der Waals surface area (Å²) in [6.07, 6.45) is 2.38. The number of benzene rings is 1. The van der Waals surface area contributed by atoms with Crippen molar-refractivity contribution in [3.05, 3.63) is 16.6 Å². The molecule has 0 heterocycles. The Morgan fingerprint density at radius 3 is 2.82 bits per heavy atom. The van der Waals surface area contributed by atoms with Gasteiger partial charge >= 0.3 is 0 Å².